The van der Waals surface area contributed by atoms with Gasteiger partial charge in [0.05, 0.1) is 13.2 Å². The molecule has 0 radical (unpaired) electrons. The molecule has 104 valence electrons. The second-order valence-electron chi connectivity index (χ2n) is 4.27. The molecule has 1 aromatic rings. The molecule has 1 fully saturated rings. The summed E-state index contributed by atoms with van der Waals surface area (Å²) in [5.74, 6) is -0.147. The van der Waals surface area contributed by atoms with E-state index in [0.29, 0.717) is 32.0 Å². The van der Waals surface area contributed by atoms with Crippen molar-refractivity contribution in [1.82, 2.24) is 4.90 Å². The summed E-state index contributed by atoms with van der Waals surface area (Å²) in [5, 5.41) is 21.1. The number of anilines is 1. The zero-order valence-corrected chi connectivity index (χ0v) is 10.9. The Kier molecular flexibility index (Phi) is 4.58. The molecule has 1 aliphatic rings. The Balaban J connectivity index is 2.03. The number of morpholine rings is 1. The maximum absolute atomic E-state index is 12.1. The molecule has 1 heterocycles. The van der Waals surface area contributed by atoms with Crippen LogP contribution in [0.5, 0.6) is 5.75 Å². The third-order valence-electron chi connectivity index (χ3n) is 2.90. The van der Waals surface area contributed by atoms with Crippen LogP contribution in [0.4, 0.5) is 5.69 Å². The van der Waals surface area contributed by atoms with Crippen LogP contribution in [-0.4, -0.2) is 42.2 Å². The first kappa shape index (κ1) is 13.9. The van der Waals surface area contributed by atoms with Gasteiger partial charge in [-0.1, -0.05) is 0 Å². The number of phenols is 1. The highest BCUT2D eigenvalue weighted by Gasteiger charge is 2.20. The first-order valence-electron chi connectivity index (χ1n) is 6.23. The average molecular weight is 273 g/mol. The number of phenolic OH excluding ortho intramolecular Hbond substituents is 1. The summed E-state index contributed by atoms with van der Waals surface area (Å²) in [6.45, 7) is 1.99. The smallest absolute Gasteiger partial charge is 0.266 e. The summed E-state index contributed by atoms with van der Waals surface area (Å²) in [5.41, 5.74) is 0.727. The van der Waals surface area contributed by atoms with Gasteiger partial charge in [-0.3, -0.25) is 4.79 Å². The van der Waals surface area contributed by atoms with Crippen LogP contribution < -0.4 is 5.32 Å². The van der Waals surface area contributed by atoms with Gasteiger partial charge in [0.15, 0.2) is 0 Å². The zero-order chi connectivity index (χ0) is 14.4. The molecular weight excluding hydrogens is 258 g/mol. The largest absolute Gasteiger partial charge is 0.508 e. The lowest BCUT2D eigenvalue weighted by molar-refractivity contribution is -0.130. The number of aromatic hydroxyl groups is 1. The van der Waals surface area contributed by atoms with Crippen molar-refractivity contribution in [2.45, 2.75) is 0 Å². The van der Waals surface area contributed by atoms with Gasteiger partial charge in [-0.15, -0.1) is 0 Å². The molecule has 0 aromatic heterocycles. The van der Waals surface area contributed by atoms with E-state index in [-0.39, 0.29) is 17.2 Å². The minimum atomic E-state index is -0.304. The molecule has 1 saturated heterocycles. The van der Waals surface area contributed by atoms with Gasteiger partial charge in [0, 0.05) is 25.0 Å². The number of rotatable bonds is 3. The van der Waals surface area contributed by atoms with Gasteiger partial charge in [-0.2, -0.15) is 5.26 Å². The molecular formula is C14H15N3O3. The summed E-state index contributed by atoms with van der Waals surface area (Å²) >= 11 is 0. The van der Waals surface area contributed by atoms with E-state index in [1.807, 2.05) is 6.07 Å². The van der Waals surface area contributed by atoms with Crippen LogP contribution >= 0.6 is 0 Å². The quantitative estimate of drug-likeness (QED) is 0.489. The van der Waals surface area contributed by atoms with Gasteiger partial charge in [-0.25, -0.2) is 0 Å². The number of nitrogens with one attached hydrogen (secondary N) is 1. The molecule has 6 heteroatoms. The van der Waals surface area contributed by atoms with Crippen molar-refractivity contribution in [1.29, 1.82) is 5.26 Å². The lowest BCUT2D eigenvalue weighted by atomic mass is 10.2. The predicted octanol–water partition coefficient (Wildman–Crippen LogP) is 1.07. The van der Waals surface area contributed by atoms with Crippen molar-refractivity contribution in [3.63, 3.8) is 0 Å². The van der Waals surface area contributed by atoms with Crippen molar-refractivity contribution in [2.75, 3.05) is 31.6 Å². The molecule has 0 spiro atoms. The minimum absolute atomic E-state index is 0.0416. The van der Waals surface area contributed by atoms with Crippen molar-refractivity contribution < 1.29 is 14.6 Å². The fourth-order valence-electron chi connectivity index (χ4n) is 1.79. The lowest BCUT2D eigenvalue weighted by Crippen LogP contribution is -2.41. The van der Waals surface area contributed by atoms with Crippen molar-refractivity contribution >= 4 is 11.6 Å². The van der Waals surface area contributed by atoms with E-state index in [4.69, 9.17) is 10.00 Å². The minimum Gasteiger partial charge on any atom is -0.508 e. The van der Waals surface area contributed by atoms with Gasteiger partial charge in [0.25, 0.3) is 5.91 Å². The van der Waals surface area contributed by atoms with Gasteiger partial charge in [0.1, 0.15) is 17.4 Å². The third-order valence-corrected chi connectivity index (χ3v) is 2.90. The Morgan fingerprint density at radius 2 is 2.00 bits per heavy atom. The van der Waals surface area contributed by atoms with E-state index < -0.39 is 0 Å². The third kappa shape index (κ3) is 3.49. The van der Waals surface area contributed by atoms with E-state index in [2.05, 4.69) is 5.32 Å². The SMILES string of the molecule is N#C/C(=C/Nc1ccc(O)cc1)C(=O)N1CCOCC1. The summed E-state index contributed by atoms with van der Waals surface area (Å²) < 4.78 is 5.17. The van der Waals surface area contributed by atoms with E-state index in [1.54, 1.807) is 17.0 Å². The first-order valence-corrected chi connectivity index (χ1v) is 6.23. The van der Waals surface area contributed by atoms with E-state index in [0.717, 1.165) is 0 Å². The van der Waals surface area contributed by atoms with Gasteiger partial charge < -0.3 is 20.1 Å². The van der Waals surface area contributed by atoms with Crippen LogP contribution in [0.2, 0.25) is 0 Å². The van der Waals surface area contributed by atoms with Crippen molar-refractivity contribution in [3.05, 3.63) is 36.0 Å². The normalized spacial score (nSPS) is 15.6. The van der Waals surface area contributed by atoms with Crippen LogP contribution in [-0.2, 0) is 9.53 Å². The Hall–Kier alpha value is -2.52. The molecule has 0 aliphatic carbocycles. The highest BCUT2D eigenvalue weighted by molar-refractivity contribution is 5.97. The molecule has 2 N–H and O–H groups in total. The van der Waals surface area contributed by atoms with Crippen LogP contribution in [0, 0.1) is 11.3 Å². The maximum atomic E-state index is 12.1. The number of carbonyl (C=O) groups is 1. The Labute approximate surface area is 116 Å². The number of ether oxygens (including phenoxy) is 1. The number of hydrogen-bond acceptors (Lipinski definition) is 5. The van der Waals surface area contributed by atoms with Gasteiger partial charge in [0.2, 0.25) is 0 Å². The van der Waals surface area contributed by atoms with Crippen LogP contribution in [0.1, 0.15) is 0 Å². The molecule has 0 unspecified atom stereocenters. The fraction of sp³-hybridized carbons (Fsp3) is 0.286. The molecule has 1 aliphatic heterocycles. The number of carbonyl (C=O) groups excluding carboxylic acids is 1. The average Bonchev–Trinajstić information content (AvgIpc) is 2.50. The van der Waals surface area contributed by atoms with Crippen molar-refractivity contribution in [2.24, 2.45) is 0 Å². The van der Waals surface area contributed by atoms with Gasteiger partial charge in [-0.05, 0) is 24.3 Å². The number of hydrogen-bond donors (Lipinski definition) is 2. The molecule has 2 rings (SSSR count). The summed E-state index contributed by atoms with van der Waals surface area (Å²) in [4.78, 5) is 13.7. The second-order valence-corrected chi connectivity index (χ2v) is 4.27. The maximum Gasteiger partial charge on any atom is 0.266 e. The van der Waals surface area contributed by atoms with E-state index in [9.17, 15) is 9.90 Å². The standard InChI is InChI=1S/C14H15N3O3/c15-9-11(14(19)17-5-7-20-8-6-17)10-16-12-1-3-13(18)4-2-12/h1-4,10,16,18H,5-8H2/b11-10-. The molecule has 20 heavy (non-hydrogen) atoms. The molecule has 0 bridgehead atoms. The zero-order valence-electron chi connectivity index (χ0n) is 10.9. The van der Waals surface area contributed by atoms with E-state index >= 15 is 0 Å². The summed E-state index contributed by atoms with van der Waals surface area (Å²) in [7, 11) is 0. The fourth-order valence-corrected chi connectivity index (χ4v) is 1.79. The first-order chi connectivity index (χ1) is 9.70. The van der Waals surface area contributed by atoms with Crippen LogP contribution in [0.25, 0.3) is 0 Å². The summed E-state index contributed by atoms with van der Waals surface area (Å²) in [6, 6.07) is 8.24. The van der Waals surface area contributed by atoms with Crippen LogP contribution in [0.3, 0.4) is 0 Å². The molecule has 0 saturated carbocycles. The molecule has 1 aromatic carbocycles. The van der Waals surface area contributed by atoms with E-state index in [1.165, 1.54) is 18.3 Å². The Morgan fingerprint density at radius 1 is 1.35 bits per heavy atom. The molecule has 1 amide bonds. The number of nitrogens with zero attached hydrogens (tertiary/aromatic N) is 2. The molecule has 0 atom stereocenters. The highest BCUT2D eigenvalue weighted by atomic mass is 16.5. The highest BCUT2D eigenvalue weighted by Crippen LogP contribution is 2.14. The van der Waals surface area contributed by atoms with Crippen LogP contribution in [0.15, 0.2) is 36.0 Å². The monoisotopic (exact) mass is 273 g/mol. The number of amides is 1. The predicted molar refractivity (Wildman–Crippen MR) is 72.8 cm³/mol. The molecule has 6 nitrogen and oxygen atoms in total. The van der Waals surface area contributed by atoms with Crippen molar-refractivity contribution in [3.8, 4) is 11.8 Å². The topological polar surface area (TPSA) is 85.6 Å². The van der Waals surface area contributed by atoms with Gasteiger partial charge >= 0.3 is 0 Å². The Bertz CT molecular complexity index is 540. The number of benzene rings is 1. The Morgan fingerprint density at radius 3 is 2.60 bits per heavy atom. The second kappa shape index (κ2) is 6.59. The lowest BCUT2D eigenvalue weighted by Gasteiger charge is -2.26. The number of nitriles is 1. The summed E-state index contributed by atoms with van der Waals surface area (Å²) in [6.07, 6.45) is 1.38.